The van der Waals surface area contributed by atoms with Crippen LogP contribution >= 0.6 is 15.9 Å². The third-order valence-corrected chi connectivity index (χ3v) is 4.21. The Bertz CT molecular complexity index is 609. The lowest BCUT2D eigenvalue weighted by Gasteiger charge is -2.21. The predicted octanol–water partition coefficient (Wildman–Crippen LogP) is 4.92. The molecule has 0 atom stereocenters. The molecule has 5 heteroatoms. The highest BCUT2D eigenvalue weighted by Gasteiger charge is 2.08. The van der Waals surface area contributed by atoms with Crippen LogP contribution in [0.15, 0.2) is 34.9 Å². The van der Waals surface area contributed by atoms with Crippen LogP contribution in [0.2, 0.25) is 0 Å². The van der Waals surface area contributed by atoms with Gasteiger partial charge in [-0.3, -0.25) is 0 Å². The Morgan fingerprint density at radius 2 is 1.86 bits per heavy atom. The molecule has 2 aromatic rings. The second kappa shape index (κ2) is 8.13. The van der Waals surface area contributed by atoms with Crippen LogP contribution in [0.25, 0.3) is 0 Å². The van der Waals surface area contributed by atoms with Crippen LogP contribution in [0.4, 0.5) is 17.5 Å². The average molecular weight is 363 g/mol. The molecule has 0 amide bonds. The molecule has 0 unspecified atom stereocenters. The summed E-state index contributed by atoms with van der Waals surface area (Å²) in [5.74, 6) is 1.61. The van der Waals surface area contributed by atoms with Crippen molar-refractivity contribution in [1.82, 2.24) is 9.97 Å². The van der Waals surface area contributed by atoms with Crippen molar-refractivity contribution in [3.8, 4) is 0 Å². The first-order valence-corrected chi connectivity index (χ1v) is 8.54. The topological polar surface area (TPSA) is 41.1 Å². The summed E-state index contributed by atoms with van der Waals surface area (Å²) in [4.78, 5) is 11.3. The quantitative estimate of drug-likeness (QED) is 0.758. The molecule has 0 radical (unpaired) electrons. The second-order valence-corrected chi connectivity index (χ2v) is 6.17. The largest absolute Gasteiger partial charge is 0.341 e. The number of rotatable bonds is 7. The van der Waals surface area contributed by atoms with Gasteiger partial charge in [-0.05, 0) is 43.5 Å². The highest BCUT2D eigenvalue weighted by Crippen LogP contribution is 2.23. The molecule has 0 aliphatic rings. The maximum Gasteiger partial charge on any atom is 0.227 e. The zero-order valence-corrected chi connectivity index (χ0v) is 15.0. The maximum absolute atomic E-state index is 4.65. The van der Waals surface area contributed by atoms with Crippen LogP contribution in [0.1, 0.15) is 32.3 Å². The van der Waals surface area contributed by atoms with Gasteiger partial charge in [0.05, 0.1) is 0 Å². The number of nitrogens with zero attached hydrogens (tertiary/aromatic N) is 3. The zero-order valence-electron chi connectivity index (χ0n) is 13.4. The first-order chi connectivity index (χ1) is 10.6. The van der Waals surface area contributed by atoms with Crippen molar-refractivity contribution in [2.75, 3.05) is 23.3 Å². The van der Waals surface area contributed by atoms with Crippen molar-refractivity contribution in [2.24, 2.45) is 0 Å². The molecule has 1 aromatic carbocycles. The van der Waals surface area contributed by atoms with E-state index in [0.717, 1.165) is 47.9 Å². The summed E-state index contributed by atoms with van der Waals surface area (Å²) in [6.45, 7) is 8.38. The number of nitrogens with one attached hydrogen (secondary N) is 1. The average Bonchev–Trinajstić information content (AvgIpc) is 2.51. The van der Waals surface area contributed by atoms with E-state index in [1.807, 2.05) is 12.3 Å². The molecule has 0 aliphatic carbocycles. The van der Waals surface area contributed by atoms with Crippen molar-refractivity contribution in [3.05, 3.63) is 40.5 Å². The minimum atomic E-state index is 0.792. The highest BCUT2D eigenvalue weighted by atomic mass is 79.9. The molecule has 1 N–H and O–H groups in total. The number of benzene rings is 1. The molecule has 0 fully saturated rings. The van der Waals surface area contributed by atoms with Gasteiger partial charge in [0, 0.05) is 29.4 Å². The Morgan fingerprint density at radius 1 is 1.14 bits per heavy atom. The van der Waals surface area contributed by atoms with Crippen LogP contribution in [0.5, 0.6) is 0 Å². The zero-order chi connectivity index (χ0) is 15.9. The molecule has 4 nitrogen and oxygen atoms in total. The summed E-state index contributed by atoms with van der Waals surface area (Å²) in [6, 6.07) is 8.09. The number of anilines is 3. The molecule has 22 heavy (non-hydrogen) atoms. The van der Waals surface area contributed by atoms with Gasteiger partial charge in [0.1, 0.15) is 5.82 Å². The van der Waals surface area contributed by atoms with Crippen LogP contribution in [0.3, 0.4) is 0 Å². The van der Waals surface area contributed by atoms with Gasteiger partial charge in [-0.2, -0.15) is 4.98 Å². The highest BCUT2D eigenvalue weighted by molar-refractivity contribution is 9.10. The third kappa shape index (κ3) is 4.44. The van der Waals surface area contributed by atoms with Crippen molar-refractivity contribution >= 4 is 33.4 Å². The van der Waals surface area contributed by atoms with Gasteiger partial charge in [0.25, 0.3) is 0 Å². The maximum atomic E-state index is 4.65. The smallest absolute Gasteiger partial charge is 0.227 e. The first kappa shape index (κ1) is 16.7. The van der Waals surface area contributed by atoms with Crippen LogP contribution in [-0.4, -0.2) is 23.1 Å². The van der Waals surface area contributed by atoms with Gasteiger partial charge in [0.15, 0.2) is 0 Å². The number of aryl methyl sites for hydroxylation is 1. The fourth-order valence-corrected chi connectivity index (χ4v) is 2.62. The van der Waals surface area contributed by atoms with Crippen molar-refractivity contribution < 1.29 is 0 Å². The van der Waals surface area contributed by atoms with Crippen molar-refractivity contribution in [3.63, 3.8) is 0 Å². The van der Waals surface area contributed by atoms with Crippen LogP contribution in [-0.2, 0) is 0 Å². The Hall–Kier alpha value is -1.62. The molecule has 1 aromatic heterocycles. The molecule has 0 bridgehead atoms. The molecule has 2 rings (SSSR count). The number of aromatic nitrogens is 2. The minimum Gasteiger partial charge on any atom is -0.341 e. The van der Waals surface area contributed by atoms with E-state index in [2.05, 4.69) is 75.1 Å². The van der Waals surface area contributed by atoms with Gasteiger partial charge in [-0.15, -0.1) is 0 Å². The van der Waals surface area contributed by atoms with E-state index >= 15 is 0 Å². The monoisotopic (exact) mass is 362 g/mol. The Kier molecular flexibility index (Phi) is 6.19. The first-order valence-electron chi connectivity index (χ1n) is 7.75. The standard InChI is InChI=1S/C17H23BrN4/c1-4-10-22(11-5-2)17-19-9-8-16(21-17)20-14-7-6-13(3)15(18)12-14/h6-9,12H,4-5,10-11H2,1-3H3,(H,19,20,21). The third-order valence-electron chi connectivity index (χ3n) is 3.36. The Morgan fingerprint density at radius 3 is 2.50 bits per heavy atom. The minimum absolute atomic E-state index is 0.792. The number of hydrogen-bond acceptors (Lipinski definition) is 4. The summed E-state index contributed by atoms with van der Waals surface area (Å²) in [6.07, 6.45) is 3.99. The number of hydrogen-bond donors (Lipinski definition) is 1. The van der Waals surface area contributed by atoms with E-state index in [-0.39, 0.29) is 0 Å². The van der Waals surface area contributed by atoms with Crippen LogP contribution < -0.4 is 10.2 Å². The van der Waals surface area contributed by atoms with Gasteiger partial charge >= 0.3 is 0 Å². The SMILES string of the molecule is CCCN(CCC)c1nccc(Nc2ccc(C)c(Br)c2)n1. The molecule has 0 aliphatic heterocycles. The molecular weight excluding hydrogens is 340 g/mol. The molecule has 118 valence electrons. The van der Waals surface area contributed by atoms with E-state index in [4.69, 9.17) is 0 Å². The van der Waals surface area contributed by atoms with Gasteiger partial charge < -0.3 is 10.2 Å². The summed E-state index contributed by atoms with van der Waals surface area (Å²) < 4.78 is 1.09. The van der Waals surface area contributed by atoms with Gasteiger partial charge in [-0.1, -0.05) is 35.8 Å². The Labute approximate surface area is 141 Å². The predicted molar refractivity (Wildman–Crippen MR) is 97.0 cm³/mol. The van der Waals surface area contributed by atoms with Crippen LogP contribution in [0, 0.1) is 6.92 Å². The number of halogens is 1. The van der Waals surface area contributed by atoms with E-state index in [1.54, 1.807) is 0 Å². The summed E-state index contributed by atoms with van der Waals surface area (Å²) >= 11 is 3.56. The molecule has 1 heterocycles. The Balaban J connectivity index is 2.18. The molecule has 0 spiro atoms. The normalized spacial score (nSPS) is 10.5. The fraction of sp³-hybridized carbons (Fsp3) is 0.412. The summed E-state index contributed by atoms with van der Waals surface area (Å²) in [5, 5.41) is 3.34. The van der Waals surface area contributed by atoms with E-state index in [9.17, 15) is 0 Å². The summed E-state index contributed by atoms with van der Waals surface area (Å²) in [5.41, 5.74) is 2.23. The van der Waals surface area contributed by atoms with Crippen molar-refractivity contribution in [1.29, 1.82) is 0 Å². The van der Waals surface area contributed by atoms with E-state index < -0.39 is 0 Å². The lowest BCUT2D eigenvalue weighted by molar-refractivity contribution is 0.722. The lowest BCUT2D eigenvalue weighted by atomic mass is 10.2. The lowest BCUT2D eigenvalue weighted by Crippen LogP contribution is -2.26. The van der Waals surface area contributed by atoms with E-state index in [1.165, 1.54) is 5.56 Å². The second-order valence-electron chi connectivity index (χ2n) is 5.32. The fourth-order valence-electron chi connectivity index (χ4n) is 2.24. The van der Waals surface area contributed by atoms with Crippen molar-refractivity contribution in [2.45, 2.75) is 33.6 Å². The van der Waals surface area contributed by atoms with Gasteiger partial charge in [0.2, 0.25) is 5.95 Å². The molecule has 0 saturated heterocycles. The summed E-state index contributed by atoms with van der Waals surface area (Å²) in [7, 11) is 0. The van der Waals surface area contributed by atoms with E-state index in [0.29, 0.717) is 0 Å². The molecular formula is C17H23BrN4. The van der Waals surface area contributed by atoms with Gasteiger partial charge in [-0.25, -0.2) is 4.98 Å². The molecule has 0 saturated carbocycles.